The summed E-state index contributed by atoms with van der Waals surface area (Å²) < 4.78 is 2.25. The quantitative estimate of drug-likeness (QED) is 0.577. The second kappa shape index (κ2) is 7.20. The van der Waals surface area contributed by atoms with Crippen molar-refractivity contribution in [2.24, 2.45) is 4.99 Å². The molecule has 0 N–H and O–H groups in total. The molecule has 0 aliphatic carbocycles. The van der Waals surface area contributed by atoms with Gasteiger partial charge in [-0.2, -0.15) is 0 Å². The molecule has 0 bridgehead atoms. The lowest BCUT2D eigenvalue weighted by Gasteiger charge is -2.17. The standard InChI is InChI=1S/C23H25N3/c1-18-5-6-19(2)26(18)23-13-9-21(10-14-23)24-17-20-7-11-22(12-8-20)25-15-3-4-16-25/h5-14,17H,3-4,15-16H2,1-2H3. The summed E-state index contributed by atoms with van der Waals surface area (Å²) in [6, 6.07) is 21.4. The van der Waals surface area contributed by atoms with Gasteiger partial charge in [0, 0.05) is 42.1 Å². The molecule has 1 aliphatic heterocycles. The molecule has 0 atom stereocenters. The van der Waals surface area contributed by atoms with E-state index in [1.165, 1.54) is 48.7 Å². The molecule has 132 valence electrons. The fourth-order valence-corrected chi connectivity index (χ4v) is 3.66. The molecule has 3 aromatic rings. The van der Waals surface area contributed by atoms with Crippen molar-refractivity contribution in [1.29, 1.82) is 0 Å². The molecule has 1 aromatic heterocycles. The Morgan fingerprint density at radius 3 is 1.92 bits per heavy atom. The molecule has 26 heavy (non-hydrogen) atoms. The van der Waals surface area contributed by atoms with Crippen molar-refractivity contribution in [3.63, 3.8) is 0 Å². The van der Waals surface area contributed by atoms with Crippen LogP contribution in [-0.2, 0) is 0 Å². The number of anilines is 1. The normalized spacial score (nSPS) is 14.5. The zero-order valence-corrected chi connectivity index (χ0v) is 15.5. The monoisotopic (exact) mass is 343 g/mol. The van der Waals surface area contributed by atoms with E-state index in [4.69, 9.17) is 0 Å². The van der Waals surface area contributed by atoms with Crippen LogP contribution >= 0.6 is 0 Å². The van der Waals surface area contributed by atoms with Crippen LogP contribution in [0.15, 0.2) is 65.7 Å². The highest BCUT2D eigenvalue weighted by molar-refractivity contribution is 5.82. The van der Waals surface area contributed by atoms with Crippen LogP contribution in [0.2, 0.25) is 0 Å². The van der Waals surface area contributed by atoms with E-state index < -0.39 is 0 Å². The van der Waals surface area contributed by atoms with Crippen molar-refractivity contribution in [3.05, 3.63) is 77.6 Å². The molecule has 1 saturated heterocycles. The van der Waals surface area contributed by atoms with Gasteiger partial charge in [-0.15, -0.1) is 0 Å². The average molecular weight is 343 g/mol. The Labute approximate surface area is 155 Å². The predicted molar refractivity (Wildman–Crippen MR) is 110 cm³/mol. The Morgan fingerprint density at radius 1 is 0.731 bits per heavy atom. The van der Waals surface area contributed by atoms with Gasteiger partial charge in [0.2, 0.25) is 0 Å². The van der Waals surface area contributed by atoms with Crippen molar-refractivity contribution >= 4 is 17.6 Å². The first-order chi connectivity index (χ1) is 12.7. The number of aryl methyl sites for hydroxylation is 2. The molecule has 4 rings (SSSR count). The van der Waals surface area contributed by atoms with E-state index in [1.54, 1.807) is 0 Å². The van der Waals surface area contributed by atoms with E-state index in [2.05, 4.69) is 89.0 Å². The Morgan fingerprint density at radius 2 is 1.31 bits per heavy atom. The highest BCUT2D eigenvalue weighted by Gasteiger charge is 2.11. The lowest BCUT2D eigenvalue weighted by molar-refractivity contribution is 0.949. The molecule has 0 amide bonds. The molecule has 2 aromatic carbocycles. The number of aliphatic imine (C=N–C) groups is 1. The zero-order chi connectivity index (χ0) is 17.9. The first-order valence-electron chi connectivity index (χ1n) is 9.35. The summed E-state index contributed by atoms with van der Waals surface area (Å²) >= 11 is 0. The van der Waals surface area contributed by atoms with Crippen LogP contribution < -0.4 is 4.90 Å². The zero-order valence-electron chi connectivity index (χ0n) is 15.5. The summed E-state index contributed by atoms with van der Waals surface area (Å²) in [4.78, 5) is 7.07. The van der Waals surface area contributed by atoms with Crippen molar-refractivity contribution in [2.75, 3.05) is 18.0 Å². The highest BCUT2D eigenvalue weighted by Crippen LogP contribution is 2.22. The predicted octanol–water partition coefficient (Wildman–Crippen LogP) is 5.44. The second-order valence-electron chi connectivity index (χ2n) is 7.01. The topological polar surface area (TPSA) is 20.5 Å². The first kappa shape index (κ1) is 16.6. The van der Waals surface area contributed by atoms with E-state index >= 15 is 0 Å². The molecule has 3 heteroatoms. The Bertz CT molecular complexity index is 876. The number of nitrogens with zero attached hydrogens (tertiary/aromatic N) is 3. The Hall–Kier alpha value is -2.81. The molecule has 1 fully saturated rings. The molecular formula is C23H25N3. The molecule has 0 saturated carbocycles. The summed E-state index contributed by atoms with van der Waals surface area (Å²) in [5, 5.41) is 0. The van der Waals surface area contributed by atoms with Crippen molar-refractivity contribution in [2.45, 2.75) is 26.7 Å². The summed E-state index contributed by atoms with van der Waals surface area (Å²) in [5.41, 5.74) is 7.10. The summed E-state index contributed by atoms with van der Waals surface area (Å²) in [6.45, 7) is 6.62. The molecule has 0 spiro atoms. The van der Waals surface area contributed by atoms with Gasteiger partial charge in [0.05, 0.1) is 5.69 Å². The van der Waals surface area contributed by atoms with Gasteiger partial charge in [0.15, 0.2) is 0 Å². The van der Waals surface area contributed by atoms with Gasteiger partial charge in [-0.1, -0.05) is 12.1 Å². The molecule has 1 aliphatic rings. The van der Waals surface area contributed by atoms with Crippen LogP contribution in [0.5, 0.6) is 0 Å². The van der Waals surface area contributed by atoms with E-state index in [1.807, 2.05) is 6.21 Å². The van der Waals surface area contributed by atoms with Crippen LogP contribution in [0, 0.1) is 13.8 Å². The molecule has 2 heterocycles. The number of benzene rings is 2. The fourth-order valence-electron chi connectivity index (χ4n) is 3.66. The number of rotatable bonds is 4. The highest BCUT2D eigenvalue weighted by atomic mass is 15.1. The molecule has 3 nitrogen and oxygen atoms in total. The minimum Gasteiger partial charge on any atom is -0.372 e. The molecule has 0 radical (unpaired) electrons. The maximum Gasteiger partial charge on any atom is 0.0631 e. The second-order valence-corrected chi connectivity index (χ2v) is 7.01. The fraction of sp³-hybridized carbons (Fsp3) is 0.261. The van der Waals surface area contributed by atoms with E-state index in [0.29, 0.717) is 0 Å². The van der Waals surface area contributed by atoms with Gasteiger partial charge < -0.3 is 9.47 Å². The third-order valence-corrected chi connectivity index (χ3v) is 5.11. The van der Waals surface area contributed by atoms with E-state index in [0.717, 1.165) is 11.3 Å². The summed E-state index contributed by atoms with van der Waals surface area (Å²) in [6.07, 6.45) is 4.55. The van der Waals surface area contributed by atoms with Gasteiger partial charge in [0.25, 0.3) is 0 Å². The Kier molecular flexibility index (Phi) is 4.61. The van der Waals surface area contributed by atoms with Crippen LogP contribution in [0.3, 0.4) is 0 Å². The van der Waals surface area contributed by atoms with Crippen LogP contribution in [0.4, 0.5) is 11.4 Å². The third kappa shape index (κ3) is 3.43. The maximum atomic E-state index is 4.62. The first-order valence-corrected chi connectivity index (χ1v) is 9.35. The minimum atomic E-state index is 0.972. The van der Waals surface area contributed by atoms with Gasteiger partial charge >= 0.3 is 0 Å². The van der Waals surface area contributed by atoms with Crippen molar-refractivity contribution < 1.29 is 0 Å². The number of aromatic nitrogens is 1. The maximum absolute atomic E-state index is 4.62. The molecular weight excluding hydrogens is 318 g/mol. The van der Waals surface area contributed by atoms with Crippen LogP contribution in [-0.4, -0.2) is 23.9 Å². The van der Waals surface area contributed by atoms with Gasteiger partial charge in [-0.05, 0) is 80.8 Å². The number of hydrogen-bond acceptors (Lipinski definition) is 2. The van der Waals surface area contributed by atoms with Gasteiger partial charge in [-0.3, -0.25) is 4.99 Å². The van der Waals surface area contributed by atoms with Crippen molar-refractivity contribution in [3.8, 4) is 5.69 Å². The average Bonchev–Trinajstić information content (AvgIpc) is 3.31. The summed E-state index contributed by atoms with van der Waals surface area (Å²) in [7, 11) is 0. The molecule has 0 unspecified atom stereocenters. The lowest BCUT2D eigenvalue weighted by Crippen LogP contribution is -2.17. The largest absolute Gasteiger partial charge is 0.372 e. The van der Waals surface area contributed by atoms with E-state index in [9.17, 15) is 0 Å². The minimum absolute atomic E-state index is 0.972. The van der Waals surface area contributed by atoms with Gasteiger partial charge in [0.1, 0.15) is 0 Å². The van der Waals surface area contributed by atoms with Crippen molar-refractivity contribution in [1.82, 2.24) is 4.57 Å². The lowest BCUT2D eigenvalue weighted by atomic mass is 10.2. The van der Waals surface area contributed by atoms with Crippen LogP contribution in [0.25, 0.3) is 5.69 Å². The SMILES string of the molecule is Cc1ccc(C)n1-c1ccc(N=Cc2ccc(N3CCCC3)cc2)cc1. The smallest absolute Gasteiger partial charge is 0.0631 e. The number of hydrogen-bond donors (Lipinski definition) is 0. The van der Waals surface area contributed by atoms with Crippen LogP contribution in [0.1, 0.15) is 29.8 Å². The third-order valence-electron chi connectivity index (χ3n) is 5.11. The van der Waals surface area contributed by atoms with Gasteiger partial charge in [-0.25, -0.2) is 0 Å². The Balaban J connectivity index is 1.47. The summed E-state index contributed by atoms with van der Waals surface area (Å²) in [5.74, 6) is 0. The van der Waals surface area contributed by atoms with E-state index in [-0.39, 0.29) is 0 Å².